The van der Waals surface area contributed by atoms with Gasteiger partial charge >= 0.3 is 0 Å². The van der Waals surface area contributed by atoms with Crippen molar-refractivity contribution in [2.45, 2.75) is 52.9 Å². The van der Waals surface area contributed by atoms with Crippen LogP contribution < -0.4 is 15.5 Å². The number of hydrogen-bond donors (Lipinski definition) is 2. The van der Waals surface area contributed by atoms with Gasteiger partial charge in [-0.2, -0.15) is 0 Å². The molecule has 5 nitrogen and oxygen atoms in total. The number of nitrogens with one attached hydrogen (secondary N) is 2. The maximum absolute atomic E-state index is 13.2. The van der Waals surface area contributed by atoms with Gasteiger partial charge in [0.1, 0.15) is 5.00 Å². The summed E-state index contributed by atoms with van der Waals surface area (Å²) in [6, 6.07) is 8.13. The molecule has 1 saturated heterocycles. The Hall–Kier alpha value is -2.34. The van der Waals surface area contributed by atoms with Crippen LogP contribution in [0.25, 0.3) is 0 Å². The van der Waals surface area contributed by atoms with Gasteiger partial charge in [-0.1, -0.05) is 13.8 Å². The number of benzene rings is 1. The summed E-state index contributed by atoms with van der Waals surface area (Å²) in [7, 11) is 0. The molecule has 6 heteroatoms. The Bertz CT molecular complexity index is 927. The van der Waals surface area contributed by atoms with E-state index in [1.54, 1.807) is 11.3 Å². The van der Waals surface area contributed by atoms with E-state index in [1.807, 2.05) is 12.1 Å². The van der Waals surface area contributed by atoms with Crippen LogP contribution in [-0.4, -0.2) is 24.9 Å². The summed E-state index contributed by atoms with van der Waals surface area (Å²) in [5.41, 5.74) is 3.75. The number of carbonyl (C=O) groups is 2. The number of fused-ring (bicyclic) bond motifs is 1. The Kier molecular flexibility index (Phi) is 6.14. The Morgan fingerprint density at radius 2 is 1.70 bits per heavy atom. The minimum Gasteiger partial charge on any atom is -0.372 e. The van der Waals surface area contributed by atoms with Crippen molar-refractivity contribution >= 4 is 39.5 Å². The second kappa shape index (κ2) is 8.80. The summed E-state index contributed by atoms with van der Waals surface area (Å²) in [6.45, 7) is 8.22. The van der Waals surface area contributed by atoms with Crippen LogP contribution in [0.3, 0.4) is 0 Å². The Morgan fingerprint density at radius 1 is 1.00 bits per heavy atom. The SMILES string of the molecule is CC(=O)Nc1sc2c(c1C(=O)Nc1ccc(N3CCC(C)CC3)cc1)CC[C@H](C)C2. The van der Waals surface area contributed by atoms with E-state index in [2.05, 4.69) is 41.5 Å². The van der Waals surface area contributed by atoms with Crippen LogP contribution in [0.4, 0.5) is 16.4 Å². The summed E-state index contributed by atoms with van der Waals surface area (Å²) in [6.07, 6.45) is 5.40. The molecular weight excluding hydrogens is 394 g/mol. The normalized spacial score (nSPS) is 19.3. The van der Waals surface area contributed by atoms with Crippen LogP contribution in [0.1, 0.15) is 60.8 Å². The molecule has 0 saturated carbocycles. The van der Waals surface area contributed by atoms with Gasteiger partial charge in [0.05, 0.1) is 5.56 Å². The smallest absolute Gasteiger partial charge is 0.258 e. The first kappa shape index (κ1) is 20.9. The first-order valence-corrected chi connectivity index (χ1v) is 11.8. The van der Waals surface area contributed by atoms with Gasteiger partial charge in [-0.3, -0.25) is 9.59 Å². The van der Waals surface area contributed by atoms with Crippen molar-refractivity contribution in [3.05, 3.63) is 40.3 Å². The van der Waals surface area contributed by atoms with Gasteiger partial charge < -0.3 is 15.5 Å². The molecule has 0 bridgehead atoms. The quantitative estimate of drug-likeness (QED) is 0.697. The van der Waals surface area contributed by atoms with E-state index >= 15 is 0 Å². The van der Waals surface area contributed by atoms with Crippen molar-refractivity contribution in [1.29, 1.82) is 0 Å². The number of thiophene rings is 1. The van der Waals surface area contributed by atoms with Crippen LogP contribution in [0, 0.1) is 11.8 Å². The highest BCUT2D eigenvalue weighted by Gasteiger charge is 2.28. The van der Waals surface area contributed by atoms with Crippen LogP contribution in [0.5, 0.6) is 0 Å². The third kappa shape index (κ3) is 4.53. The molecular formula is C24H31N3O2S. The summed E-state index contributed by atoms with van der Waals surface area (Å²) in [5.74, 6) is 1.14. The number of rotatable bonds is 4. The Morgan fingerprint density at radius 3 is 2.37 bits per heavy atom. The molecule has 1 aromatic heterocycles. The fourth-order valence-electron chi connectivity index (χ4n) is 4.45. The van der Waals surface area contributed by atoms with Crippen molar-refractivity contribution < 1.29 is 9.59 Å². The van der Waals surface area contributed by atoms with Gasteiger partial charge in [-0.15, -0.1) is 11.3 Å². The largest absolute Gasteiger partial charge is 0.372 e. The molecule has 1 aliphatic carbocycles. The van der Waals surface area contributed by atoms with Gasteiger partial charge in [0, 0.05) is 36.3 Å². The zero-order valence-corrected chi connectivity index (χ0v) is 18.9. The molecule has 1 fully saturated rings. The van der Waals surface area contributed by atoms with E-state index < -0.39 is 0 Å². The number of nitrogens with zero attached hydrogens (tertiary/aromatic N) is 1. The standard InChI is InChI=1S/C24H31N3O2S/c1-15-10-12-27(13-11-15)19-7-5-18(6-8-19)26-23(29)22-20-9-4-16(2)14-21(20)30-24(22)25-17(3)28/h5-8,15-16H,4,9-14H2,1-3H3,(H,25,28)(H,26,29)/t16-/m0/s1. The Balaban J connectivity index is 1.51. The molecule has 2 amide bonds. The number of amides is 2. The predicted octanol–water partition coefficient (Wildman–Crippen LogP) is 5.32. The summed E-state index contributed by atoms with van der Waals surface area (Å²) < 4.78 is 0. The van der Waals surface area contributed by atoms with Crippen molar-refractivity contribution in [3.63, 3.8) is 0 Å². The van der Waals surface area contributed by atoms with E-state index in [1.165, 1.54) is 30.3 Å². The molecule has 0 radical (unpaired) electrons. The van der Waals surface area contributed by atoms with Crippen molar-refractivity contribution in [2.75, 3.05) is 28.6 Å². The predicted molar refractivity (Wildman–Crippen MR) is 125 cm³/mol. The van der Waals surface area contributed by atoms with Gasteiger partial charge in [-0.05, 0) is 73.8 Å². The van der Waals surface area contributed by atoms with Gasteiger partial charge in [0.15, 0.2) is 0 Å². The van der Waals surface area contributed by atoms with E-state index in [-0.39, 0.29) is 11.8 Å². The van der Waals surface area contributed by atoms with E-state index in [0.717, 1.165) is 49.5 Å². The van der Waals surface area contributed by atoms with Gasteiger partial charge in [0.2, 0.25) is 5.91 Å². The van der Waals surface area contributed by atoms with Gasteiger partial charge in [0.25, 0.3) is 5.91 Å². The number of carbonyl (C=O) groups excluding carboxylic acids is 2. The third-order valence-corrected chi connectivity index (χ3v) is 7.47. The summed E-state index contributed by atoms with van der Waals surface area (Å²) >= 11 is 1.55. The number of piperidine rings is 1. The molecule has 1 atom stereocenters. The maximum atomic E-state index is 13.2. The minimum atomic E-state index is -0.143. The third-order valence-electron chi connectivity index (χ3n) is 6.30. The van der Waals surface area contributed by atoms with E-state index in [0.29, 0.717) is 16.5 Å². The Labute approximate surface area is 182 Å². The average molecular weight is 426 g/mol. The molecule has 1 aromatic carbocycles. The number of anilines is 3. The average Bonchev–Trinajstić information content (AvgIpc) is 3.05. The zero-order chi connectivity index (χ0) is 21.3. The highest BCUT2D eigenvalue weighted by atomic mass is 32.1. The first-order chi connectivity index (χ1) is 14.4. The molecule has 2 N–H and O–H groups in total. The van der Waals surface area contributed by atoms with Crippen molar-refractivity contribution in [1.82, 2.24) is 0 Å². The van der Waals surface area contributed by atoms with Gasteiger partial charge in [-0.25, -0.2) is 0 Å². The lowest BCUT2D eigenvalue weighted by Gasteiger charge is -2.32. The molecule has 160 valence electrons. The van der Waals surface area contributed by atoms with Crippen molar-refractivity contribution in [3.8, 4) is 0 Å². The lowest BCUT2D eigenvalue weighted by atomic mass is 9.88. The summed E-state index contributed by atoms with van der Waals surface area (Å²) in [5, 5.41) is 6.61. The highest BCUT2D eigenvalue weighted by molar-refractivity contribution is 7.17. The fraction of sp³-hybridized carbons (Fsp3) is 0.500. The minimum absolute atomic E-state index is 0.134. The summed E-state index contributed by atoms with van der Waals surface area (Å²) in [4.78, 5) is 28.5. The number of hydrogen-bond acceptors (Lipinski definition) is 4. The zero-order valence-electron chi connectivity index (χ0n) is 18.1. The lowest BCUT2D eigenvalue weighted by Crippen LogP contribution is -2.32. The van der Waals surface area contributed by atoms with Crippen LogP contribution in [0.2, 0.25) is 0 Å². The molecule has 2 heterocycles. The van der Waals surface area contributed by atoms with Crippen LogP contribution >= 0.6 is 11.3 Å². The molecule has 0 spiro atoms. The lowest BCUT2D eigenvalue weighted by molar-refractivity contribution is -0.114. The molecule has 2 aromatic rings. The van der Waals surface area contributed by atoms with E-state index in [9.17, 15) is 9.59 Å². The van der Waals surface area contributed by atoms with Crippen molar-refractivity contribution in [2.24, 2.45) is 11.8 Å². The first-order valence-electron chi connectivity index (χ1n) is 11.0. The topological polar surface area (TPSA) is 61.4 Å². The molecule has 0 unspecified atom stereocenters. The molecule has 4 rings (SSSR count). The second-order valence-corrected chi connectivity index (χ2v) is 10.0. The molecule has 2 aliphatic rings. The monoisotopic (exact) mass is 425 g/mol. The van der Waals surface area contributed by atoms with E-state index in [4.69, 9.17) is 0 Å². The molecule has 1 aliphatic heterocycles. The van der Waals surface area contributed by atoms with Crippen LogP contribution in [0.15, 0.2) is 24.3 Å². The maximum Gasteiger partial charge on any atom is 0.258 e. The highest BCUT2D eigenvalue weighted by Crippen LogP contribution is 2.40. The molecule has 30 heavy (non-hydrogen) atoms. The fourth-order valence-corrected chi connectivity index (χ4v) is 5.91. The second-order valence-electron chi connectivity index (χ2n) is 8.91. The van der Waals surface area contributed by atoms with Crippen LogP contribution in [-0.2, 0) is 17.6 Å².